The summed E-state index contributed by atoms with van der Waals surface area (Å²) in [6.45, 7) is 3.19. The highest BCUT2D eigenvalue weighted by Gasteiger charge is 2.05. The van der Waals surface area contributed by atoms with Gasteiger partial charge in [-0.3, -0.25) is 4.68 Å². The molecule has 0 bridgehead atoms. The molecule has 0 saturated carbocycles. The predicted molar refractivity (Wildman–Crippen MR) is 85.2 cm³/mol. The van der Waals surface area contributed by atoms with E-state index in [1.54, 1.807) is 24.4 Å². The Morgan fingerprint density at radius 2 is 2.38 bits per heavy atom. The van der Waals surface area contributed by atoms with Crippen LogP contribution in [0.5, 0.6) is 0 Å². The molecule has 2 rings (SSSR count). The first kappa shape index (κ1) is 15.8. The molecular weight excluding hydrogens is 286 g/mol. The Bertz CT molecular complexity index is 520. The van der Waals surface area contributed by atoms with Crippen LogP contribution in [-0.2, 0) is 12.3 Å². The van der Waals surface area contributed by atoms with Gasteiger partial charge < -0.3 is 10.4 Å². The van der Waals surface area contributed by atoms with Crippen LogP contribution < -0.4 is 5.32 Å². The Labute approximate surface area is 129 Å². The number of aliphatic hydroxyl groups excluding tert-OH is 1. The Hall–Kier alpha value is -1.60. The number of rotatable bonds is 9. The zero-order chi connectivity index (χ0) is 14.9. The molecule has 1 atom stereocenters. The van der Waals surface area contributed by atoms with Gasteiger partial charge in [-0.25, -0.2) is 9.97 Å². The number of thioether (sulfide) groups is 1. The van der Waals surface area contributed by atoms with E-state index in [0.29, 0.717) is 6.04 Å². The molecule has 6 nitrogen and oxygen atoms in total. The summed E-state index contributed by atoms with van der Waals surface area (Å²) in [7, 11) is 0. The maximum Gasteiger partial charge on any atom is 0.137 e. The monoisotopic (exact) mass is 307 g/mol. The average Bonchev–Trinajstić information content (AvgIpc) is 2.99. The van der Waals surface area contributed by atoms with E-state index in [1.807, 2.05) is 16.9 Å². The molecule has 0 spiro atoms. The quantitative estimate of drug-likeness (QED) is 0.688. The molecule has 2 heterocycles. The minimum absolute atomic E-state index is 0.222. The Morgan fingerprint density at radius 1 is 1.48 bits per heavy atom. The third-order valence-corrected chi connectivity index (χ3v) is 3.99. The van der Waals surface area contributed by atoms with Gasteiger partial charge in [0.05, 0.1) is 6.61 Å². The van der Waals surface area contributed by atoms with E-state index in [0.717, 1.165) is 30.3 Å². The number of hydrogen-bond donors (Lipinski definition) is 2. The van der Waals surface area contributed by atoms with Crippen LogP contribution in [0.2, 0.25) is 0 Å². The number of aliphatic hydroxyl groups is 1. The number of hydrogen-bond acceptors (Lipinski definition) is 6. The van der Waals surface area contributed by atoms with Crippen molar-refractivity contribution in [2.75, 3.05) is 17.7 Å². The lowest BCUT2D eigenvalue weighted by Gasteiger charge is -2.15. The fourth-order valence-corrected chi connectivity index (χ4v) is 2.59. The van der Waals surface area contributed by atoms with Crippen LogP contribution in [-0.4, -0.2) is 43.3 Å². The van der Waals surface area contributed by atoms with Crippen LogP contribution >= 0.6 is 11.8 Å². The molecule has 0 aliphatic heterocycles. The average molecular weight is 307 g/mol. The third kappa shape index (κ3) is 5.73. The molecule has 114 valence electrons. The molecule has 2 aromatic heterocycles. The number of aryl methyl sites for hydroxylation is 1. The second-order valence-electron chi connectivity index (χ2n) is 4.82. The topological polar surface area (TPSA) is 75.9 Å². The SMILES string of the molecule is CC(CCn1cncn1)Nc1cc(CSCCO)ccn1. The van der Waals surface area contributed by atoms with Crippen molar-refractivity contribution in [3.8, 4) is 0 Å². The van der Waals surface area contributed by atoms with Gasteiger partial charge in [0.2, 0.25) is 0 Å². The van der Waals surface area contributed by atoms with Gasteiger partial charge in [-0.05, 0) is 31.0 Å². The van der Waals surface area contributed by atoms with E-state index >= 15 is 0 Å². The highest BCUT2D eigenvalue weighted by atomic mass is 32.2. The fourth-order valence-electron chi connectivity index (χ4n) is 1.90. The highest BCUT2D eigenvalue weighted by molar-refractivity contribution is 7.98. The van der Waals surface area contributed by atoms with Gasteiger partial charge in [0.15, 0.2) is 0 Å². The van der Waals surface area contributed by atoms with E-state index in [1.165, 1.54) is 5.56 Å². The van der Waals surface area contributed by atoms with Crippen LogP contribution in [0.15, 0.2) is 31.0 Å². The normalized spacial score (nSPS) is 12.3. The lowest BCUT2D eigenvalue weighted by Crippen LogP contribution is -2.18. The first-order chi connectivity index (χ1) is 10.3. The molecule has 0 aliphatic carbocycles. The molecule has 0 saturated heterocycles. The van der Waals surface area contributed by atoms with Crippen molar-refractivity contribution >= 4 is 17.6 Å². The summed E-state index contributed by atoms with van der Waals surface area (Å²) in [4.78, 5) is 8.28. The minimum Gasteiger partial charge on any atom is -0.396 e. The maximum atomic E-state index is 8.80. The van der Waals surface area contributed by atoms with Crippen molar-refractivity contribution in [2.24, 2.45) is 0 Å². The summed E-state index contributed by atoms with van der Waals surface area (Å²) < 4.78 is 1.83. The Kier molecular flexibility index (Phi) is 6.49. The van der Waals surface area contributed by atoms with Crippen LogP contribution in [0.4, 0.5) is 5.82 Å². The molecule has 0 aliphatic rings. The van der Waals surface area contributed by atoms with E-state index in [9.17, 15) is 0 Å². The van der Waals surface area contributed by atoms with Gasteiger partial charge in [-0.2, -0.15) is 16.9 Å². The van der Waals surface area contributed by atoms with E-state index in [2.05, 4.69) is 33.4 Å². The predicted octanol–water partition coefficient (Wildman–Crippen LogP) is 1.79. The second-order valence-corrected chi connectivity index (χ2v) is 5.92. The summed E-state index contributed by atoms with van der Waals surface area (Å²) in [6.07, 6.45) is 6.05. The van der Waals surface area contributed by atoms with E-state index in [4.69, 9.17) is 5.11 Å². The summed E-state index contributed by atoms with van der Waals surface area (Å²) >= 11 is 1.72. The molecule has 1 unspecified atom stereocenters. The van der Waals surface area contributed by atoms with Gasteiger partial charge in [0, 0.05) is 30.3 Å². The molecule has 0 aromatic carbocycles. The van der Waals surface area contributed by atoms with Crippen LogP contribution in [0.3, 0.4) is 0 Å². The lowest BCUT2D eigenvalue weighted by atomic mass is 10.2. The standard InChI is InChI=1S/C14H21N5OS/c1-12(3-5-19-11-15-10-17-19)18-14-8-13(2-4-16-14)9-21-7-6-20/h2,4,8,10-12,20H,3,5-7,9H2,1H3,(H,16,18). The molecule has 0 amide bonds. The third-order valence-electron chi connectivity index (χ3n) is 2.98. The minimum atomic E-state index is 0.222. The van der Waals surface area contributed by atoms with Crippen LogP contribution in [0, 0.1) is 0 Å². The molecule has 21 heavy (non-hydrogen) atoms. The van der Waals surface area contributed by atoms with Gasteiger partial charge in [0.25, 0.3) is 0 Å². The van der Waals surface area contributed by atoms with Gasteiger partial charge in [0.1, 0.15) is 18.5 Å². The van der Waals surface area contributed by atoms with E-state index in [-0.39, 0.29) is 6.61 Å². The molecule has 0 radical (unpaired) electrons. The van der Waals surface area contributed by atoms with Crippen LogP contribution in [0.25, 0.3) is 0 Å². The molecule has 2 N–H and O–H groups in total. The maximum absolute atomic E-state index is 8.80. The summed E-state index contributed by atoms with van der Waals surface area (Å²) in [5, 5.41) is 16.3. The first-order valence-corrected chi connectivity index (χ1v) is 8.16. The van der Waals surface area contributed by atoms with Crippen molar-refractivity contribution < 1.29 is 5.11 Å². The molecule has 0 fully saturated rings. The first-order valence-electron chi connectivity index (χ1n) is 7.00. The number of pyridine rings is 1. The van der Waals surface area contributed by atoms with Gasteiger partial charge in [-0.1, -0.05) is 0 Å². The second kappa shape index (κ2) is 8.63. The Balaban J connectivity index is 1.79. The molecule has 7 heteroatoms. The molecular formula is C14H21N5OS. The number of nitrogens with zero attached hydrogens (tertiary/aromatic N) is 4. The Morgan fingerprint density at radius 3 is 3.14 bits per heavy atom. The summed E-state index contributed by atoms with van der Waals surface area (Å²) in [5.41, 5.74) is 1.22. The van der Waals surface area contributed by atoms with Crippen LogP contribution in [0.1, 0.15) is 18.9 Å². The number of aromatic nitrogens is 4. The van der Waals surface area contributed by atoms with Gasteiger partial charge >= 0.3 is 0 Å². The van der Waals surface area contributed by atoms with Gasteiger partial charge in [-0.15, -0.1) is 0 Å². The smallest absolute Gasteiger partial charge is 0.137 e. The summed E-state index contributed by atoms with van der Waals surface area (Å²) in [5.74, 6) is 2.55. The van der Waals surface area contributed by atoms with Crippen molar-refractivity contribution in [3.63, 3.8) is 0 Å². The van der Waals surface area contributed by atoms with Crippen molar-refractivity contribution in [1.82, 2.24) is 19.7 Å². The number of nitrogens with one attached hydrogen (secondary N) is 1. The van der Waals surface area contributed by atoms with Crippen molar-refractivity contribution in [2.45, 2.75) is 31.7 Å². The summed E-state index contributed by atoms with van der Waals surface area (Å²) in [6, 6.07) is 4.38. The zero-order valence-electron chi connectivity index (χ0n) is 12.1. The lowest BCUT2D eigenvalue weighted by molar-refractivity contribution is 0.322. The largest absolute Gasteiger partial charge is 0.396 e. The molecule has 2 aromatic rings. The van der Waals surface area contributed by atoms with E-state index < -0.39 is 0 Å². The van der Waals surface area contributed by atoms with Crippen molar-refractivity contribution in [3.05, 3.63) is 36.5 Å². The fraction of sp³-hybridized carbons (Fsp3) is 0.500. The van der Waals surface area contributed by atoms with Crippen molar-refractivity contribution in [1.29, 1.82) is 0 Å². The zero-order valence-corrected chi connectivity index (χ0v) is 13.0. The number of anilines is 1. The highest BCUT2D eigenvalue weighted by Crippen LogP contribution is 2.15.